The van der Waals surface area contributed by atoms with Crippen LogP contribution in [-0.4, -0.2) is 17.1 Å². The Hall–Kier alpha value is -3.02. The van der Waals surface area contributed by atoms with Crippen LogP contribution in [0.1, 0.15) is 22.8 Å². The highest BCUT2D eigenvalue weighted by Crippen LogP contribution is 2.16. The molecule has 2 aromatic carbocycles. The number of fused-ring (bicyclic) bond motifs is 1. The van der Waals surface area contributed by atoms with Crippen molar-refractivity contribution in [2.24, 2.45) is 0 Å². The minimum atomic E-state index is -0.758. The maximum atomic E-state index is 13.6. The van der Waals surface area contributed by atoms with Crippen molar-refractivity contribution < 1.29 is 18.3 Å². The summed E-state index contributed by atoms with van der Waals surface area (Å²) in [4.78, 5) is 24.6. The van der Waals surface area contributed by atoms with Crippen molar-refractivity contribution in [3.63, 3.8) is 0 Å². The number of carbonyl (C=O) groups is 1. The summed E-state index contributed by atoms with van der Waals surface area (Å²) in [7, 11) is 0. The fourth-order valence-corrected chi connectivity index (χ4v) is 2.64. The van der Waals surface area contributed by atoms with Gasteiger partial charge >= 0.3 is 5.97 Å². The number of benzene rings is 2. The third-order valence-electron chi connectivity index (χ3n) is 3.80. The van der Waals surface area contributed by atoms with Crippen molar-refractivity contribution in [2.45, 2.75) is 13.5 Å². The third-order valence-corrected chi connectivity index (χ3v) is 3.80. The van der Waals surface area contributed by atoms with E-state index in [1.54, 1.807) is 23.6 Å². The van der Waals surface area contributed by atoms with Crippen LogP contribution in [0.4, 0.5) is 8.78 Å². The molecule has 0 fully saturated rings. The third kappa shape index (κ3) is 3.42. The highest BCUT2D eigenvalue weighted by molar-refractivity contribution is 5.93. The van der Waals surface area contributed by atoms with E-state index in [0.29, 0.717) is 5.52 Å². The Morgan fingerprint density at radius 1 is 1.08 bits per heavy atom. The van der Waals surface area contributed by atoms with Gasteiger partial charge in [-0.2, -0.15) is 0 Å². The van der Waals surface area contributed by atoms with Crippen molar-refractivity contribution in [3.05, 3.63) is 81.6 Å². The van der Waals surface area contributed by atoms with E-state index in [-0.39, 0.29) is 29.9 Å². The van der Waals surface area contributed by atoms with E-state index in [2.05, 4.69) is 0 Å². The molecule has 0 radical (unpaired) electrons. The van der Waals surface area contributed by atoms with Gasteiger partial charge < -0.3 is 9.30 Å². The zero-order valence-corrected chi connectivity index (χ0v) is 13.5. The van der Waals surface area contributed by atoms with E-state index >= 15 is 0 Å². The summed E-state index contributed by atoms with van der Waals surface area (Å²) >= 11 is 0. The van der Waals surface area contributed by atoms with Crippen LogP contribution in [0.3, 0.4) is 0 Å². The fourth-order valence-electron chi connectivity index (χ4n) is 2.64. The SMILES string of the molecule is CCOC(=O)c1cn(Cc2ccc(F)cc2)c2ccc(F)cc2c1=O. The molecule has 3 rings (SSSR count). The molecule has 0 aliphatic rings. The van der Waals surface area contributed by atoms with Crippen molar-refractivity contribution in [1.82, 2.24) is 4.57 Å². The van der Waals surface area contributed by atoms with Crippen LogP contribution in [0.15, 0.2) is 53.5 Å². The van der Waals surface area contributed by atoms with Crippen molar-refractivity contribution in [3.8, 4) is 0 Å². The van der Waals surface area contributed by atoms with Gasteiger partial charge in [-0.15, -0.1) is 0 Å². The summed E-state index contributed by atoms with van der Waals surface area (Å²) in [5.41, 5.74) is 0.500. The minimum absolute atomic E-state index is 0.0904. The molecule has 0 atom stereocenters. The Labute approximate surface area is 142 Å². The van der Waals surface area contributed by atoms with Gasteiger partial charge in [-0.05, 0) is 42.8 Å². The largest absolute Gasteiger partial charge is 0.462 e. The minimum Gasteiger partial charge on any atom is -0.462 e. The van der Waals surface area contributed by atoms with Crippen molar-refractivity contribution >= 4 is 16.9 Å². The highest BCUT2D eigenvalue weighted by atomic mass is 19.1. The van der Waals surface area contributed by atoms with Gasteiger partial charge in [0.15, 0.2) is 0 Å². The average Bonchev–Trinajstić information content (AvgIpc) is 2.59. The Balaban J connectivity index is 2.18. The molecule has 128 valence electrons. The zero-order valence-electron chi connectivity index (χ0n) is 13.5. The van der Waals surface area contributed by atoms with Gasteiger partial charge in [-0.3, -0.25) is 4.79 Å². The lowest BCUT2D eigenvalue weighted by molar-refractivity contribution is 0.0524. The van der Waals surface area contributed by atoms with Crippen LogP contribution in [0.25, 0.3) is 10.9 Å². The van der Waals surface area contributed by atoms with Crippen LogP contribution in [0, 0.1) is 11.6 Å². The summed E-state index contributed by atoms with van der Waals surface area (Å²) in [5, 5.41) is 0.0904. The highest BCUT2D eigenvalue weighted by Gasteiger charge is 2.17. The molecule has 0 unspecified atom stereocenters. The van der Waals surface area contributed by atoms with E-state index < -0.39 is 17.2 Å². The second-order valence-corrected chi connectivity index (χ2v) is 5.51. The number of carbonyl (C=O) groups excluding carboxylic acids is 1. The maximum Gasteiger partial charge on any atom is 0.343 e. The normalized spacial score (nSPS) is 10.8. The van der Waals surface area contributed by atoms with Gasteiger partial charge in [0.25, 0.3) is 0 Å². The van der Waals surface area contributed by atoms with Gasteiger partial charge in [0.05, 0.1) is 12.1 Å². The lowest BCUT2D eigenvalue weighted by atomic mass is 10.1. The molecule has 25 heavy (non-hydrogen) atoms. The van der Waals surface area contributed by atoms with Crippen LogP contribution in [-0.2, 0) is 11.3 Å². The smallest absolute Gasteiger partial charge is 0.343 e. The molecule has 4 nitrogen and oxygen atoms in total. The number of ether oxygens (including phenoxy) is 1. The first-order valence-corrected chi connectivity index (χ1v) is 7.74. The summed E-state index contributed by atoms with van der Waals surface area (Å²) < 4.78 is 33.2. The second-order valence-electron chi connectivity index (χ2n) is 5.51. The predicted molar refractivity (Wildman–Crippen MR) is 89.6 cm³/mol. The van der Waals surface area contributed by atoms with Gasteiger partial charge in [-0.1, -0.05) is 12.1 Å². The summed E-state index contributed by atoms with van der Waals surface area (Å²) in [6.45, 7) is 2.04. The van der Waals surface area contributed by atoms with E-state index in [9.17, 15) is 18.4 Å². The van der Waals surface area contributed by atoms with E-state index in [0.717, 1.165) is 11.6 Å². The molecule has 0 spiro atoms. The van der Waals surface area contributed by atoms with Gasteiger partial charge in [0.1, 0.15) is 17.2 Å². The molecule has 0 saturated carbocycles. The monoisotopic (exact) mass is 343 g/mol. The quantitative estimate of drug-likeness (QED) is 0.681. The van der Waals surface area contributed by atoms with E-state index in [1.165, 1.54) is 30.5 Å². The van der Waals surface area contributed by atoms with Crippen molar-refractivity contribution in [2.75, 3.05) is 6.61 Å². The Morgan fingerprint density at radius 2 is 1.76 bits per heavy atom. The maximum absolute atomic E-state index is 13.6. The van der Waals surface area contributed by atoms with Crippen LogP contribution < -0.4 is 5.43 Å². The molecule has 0 aliphatic carbocycles. The number of aromatic nitrogens is 1. The first kappa shape index (κ1) is 16.8. The van der Waals surface area contributed by atoms with Crippen LogP contribution in [0.5, 0.6) is 0 Å². The number of esters is 1. The van der Waals surface area contributed by atoms with Gasteiger partial charge in [0, 0.05) is 18.1 Å². The van der Waals surface area contributed by atoms with Crippen LogP contribution >= 0.6 is 0 Å². The molecule has 0 bridgehead atoms. The fraction of sp³-hybridized carbons (Fsp3) is 0.158. The lowest BCUT2D eigenvalue weighted by Gasteiger charge is -2.13. The summed E-state index contributed by atoms with van der Waals surface area (Å²) in [6.07, 6.45) is 1.39. The second kappa shape index (κ2) is 6.84. The number of hydrogen-bond donors (Lipinski definition) is 0. The predicted octanol–water partition coefficient (Wildman–Crippen LogP) is 3.50. The average molecular weight is 343 g/mol. The molecule has 1 aromatic heterocycles. The molecular weight excluding hydrogens is 328 g/mol. The zero-order chi connectivity index (χ0) is 18.0. The van der Waals surface area contributed by atoms with E-state index in [4.69, 9.17) is 4.74 Å². The molecule has 1 heterocycles. The molecule has 0 aliphatic heterocycles. The lowest BCUT2D eigenvalue weighted by Crippen LogP contribution is -2.21. The number of pyridine rings is 1. The number of nitrogens with zero attached hydrogens (tertiary/aromatic N) is 1. The van der Waals surface area contributed by atoms with Gasteiger partial charge in [0.2, 0.25) is 5.43 Å². The molecular formula is C19H15F2NO3. The summed E-state index contributed by atoms with van der Waals surface area (Å²) in [5.74, 6) is -1.69. The Morgan fingerprint density at radius 3 is 2.44 bits per heavy atom. The first-order chi connectivity index (χ1) is 12.0. The molecule has 0 N–H and O–H groups in total. The first-order valence-electron chi connectivity index (χ1n) is 7.74. The number of halogens is 2. The summed E-state index contributed by atoms with van der Waals surface area (Å²) in [6, 6.07) is 9.68. The van der Waals surface area contributed by atoms with Crippen LogP contribution in [0.2, 0.25) is 0 Å². The van der Waals surface area contributed by atoms with Gasteiger partial charge in [-0.25, -0.2) is 13.6 Å². The molecule has 0 amide bonds. The standard InChI is InChI=1S/C19H15F2NO3/c1-2-25-19(24)16-11-22(10-12-3-5-13(20)6-4-12)17-8-7-14(21)9-15(17)18(16)23/h3-9,11H,2,10H2,1H3. The Bertz CT molecular complexity index is 994. The number of hydrogen-bond acceptors (Lipinski definition) is 3. The topological polar surface area (TPSA) is 48.3 Å². The van der Waals surface area contributed by atoms with E-state index in [1.807, 2.05) is 0 Å². The number of rotatable bonds is 4. The molecule has 3 aromatic rings. The molecule has 6 heteroatoms. The molecule has 0 saturated heterocycles. The Kier molecular flexibility index (Phi) is 4.61. The van der Waals surface area contributed by atoms with Crippen molar-refractivity contribution in [1.29, 1.82) is 0 Å².